The molecule has 0 saturated heterocycles. The van der Waals surface area contributed by atoms with E-state index < -0.39 is 6.10 Å². The lowest BCUT2D eigenvalue weighted by Crippen LogP contribution is -2.30. The van der Waals surface area contributed by atoms with Crippen molar-refractivity contribution in [3.63, 3.8) is 0 Å². The highest BCUT2D eigenvalue weighted by Crippen LogP contribution is 2.13. The first-order valence-corrected chi connectivity index (χ1v) is 25.5. The van der Waals surface area contributed by atoms with Gasteiger partial charge in [0.1, 0.15) is 13.2 Å². The first kappa shape index (κ1) is 59.1. The first-order chi connectivity index (χ1) is 31.0. The molecule has 1 unspecified atom stereocenters. The maximum atomic E-state index is 12.8. The van der Waals surface area contributed by atoms with Crippen LogP contribution in [0.1, 0.15) is 213 Å². The van der Waals surface area contributed by atoms with Crippen LogP contribution in [0.15, 0.2) is 109 Å². The Hall–Kier alpha value is -3.93. The molecule has 0 fully saturated rings. The van der Waals surface area contributed by atoms with Crippen LogP contribution < -0.4 is 0 Å². The van der Waals surface area contributed by atoms with E-state index in [2.05, 4.69) is 57.2 Å². The molecule has 0 aliphatic rings. The Labute approximate surface area is 387 Å². The second-order valence-corrected chi connectivity index (χ2v) is 16.5. The molecule has 0 aliphatic heterocycles. The monoisotopic (exact) mass is 873 g/mol. The molecule has 0 amide bonds. The van der Waals surface area contributed by atoms with E-state index in [1.54, 1.807) is 0 Å². The van der Waals surface area contributed by atoms with Crippen LogP contribution in [0.5, 0.6) is 0 Å². The number of carbonyl (C=O) groups excluding carboxylic acids is 3. The summed E-state index contributed by atoms with van der Waals surface area (Å²) < 4.78 is 16.7. The van der Waals surface area contributed by atoms with Crippen molar-refractivity contribution in [2.45, 2.75) is 219 Å². The van der Waals surface area contributed by atoms with E-state index in [0.29, 0.717) is 25.7 Å². The molecule has 356 valence electrons. The fourth-order valence-electron chi connectivity index (χ4n) is 6.60. The molecule has 0 radical (unpaired) electrons. The second-order valence-electron chi connectivity index (χ2n) is 16.5. The molecule has 0 heterocycles. The highest BCUT2D eigenvalue weighted by molar-refractivity contribution is 5.71. The van der Waals surface area contributed by atoms with Crippen molar-refractivity contribution in [3.05, 3.63) is 109 Å². The quantitative estimate of drug-likeness (QED) is 0.0199. The smallest absolute Gasteiger partial charge is 0.306 e. The Balaban J connectivity index is 4.47. The molecule has 0 aliphatic carbocycles. The second kappa shape index (κ2) is 50.7. The Morgan fingerprint density at radius 2 is 0.651 bits per heavy atom. The summed E-state index contributed by atoms with van der Waals surface area (Å²) in [5.74, 6) is -1.00. The van der Waals surface area contributed by atoms with Gasteiger partial charge in [0.15, 0.2) is 6.10 Å². The number of hydrogen-bond acceptors (Lipinski definition) is 6. The van der Waals surface area contributed by atoms with E-state index in [0.717, 1.165) is 64.2 Å². The van der Waals surface area contributed by atoms with Gasteiger partial charge in [-0.15, -0.1) is 0 Å². The van der Waals surface area contributed by atoms with Crippen LogP contribution >= 0.6 is 0 Å². The van der Waals surface area contributed by atoms with E-state index in [4.69, 9.17) is 14.2 Å². The lowest BCUT2D eigenvalue weighted by Gasteiger charge is -2.18. The van der Waals surface area contributed by atoms with Gasteiger partial charge in [0.2, 0.25) is 0 Å². The molecule has 1 atom stereocenters. The largest absolute Gasteiger partial charge is 0.462 e. The topological polar surface area (TPSA) is 78.9 Å². The predicted octanol–water partition coefficient (Wildman–Crippen LogP) is 16.8. The molecular weight excluding hydrogens is 781 g/mol. The molecule has 0 aromatic rings. The minimum absolute atomic E-state index is 0.112. The molecular formula is C57H92O6. The molecule has 6 heteroatoms. The van der Waals surface area contributed by atoms with Gasteiger partial charge in [-0.25, -0.2) is 0 Å². The van der Waals surface area contributed by atoms with Crippen molar-refractivity contribution in [2.75, 3.05) is 13.2 Å². The van der Waals surface area contributed by atoms with Crippen molar-refractivity contribution in [1.82, 2.24) is 0 Å². The highest BCUT2D eigenvalue weighted by Gasteiger charge is 2.19. The Morgan fingerprint density at radius 1 is 0.333 bits per heavy atom. The molecule has 0 N–H and O–H groups in total. The van der Waals surface area contributed by atoms with E-state index in [1.807, 2.05) is 72.9 Å². The Kier molecular flexibility index (Phi) is 47.5. The van der Waals surface area contributed by atoms with Crippen molar-refractivity contribution >= 4 is 17.9 Å². The zero-order valence-corrected chi connectivity index (χ0v) is 40.5. The summed E-state index contributed by atoms with van der Waals surface area (Å²) in [6.45, 7) is 6.37. The van der Waals surface area contributed by atoms with E-state index in [-0.39, 0.29) is 31.1 Å². The van der Waals surface area contributed by atoms with Gasteiger partial charge in [0, 0.05) is 19.3 Å². The average molecular weight is 873 g/mol. The van der Waals surface area contributed by atoms with Gasteiger partial charge in [-0.1, -0.05) is 220 Å². The summed E-state index contributed by atoms with van der Waals surface area (Å²) >= 11 is 0. The summed E-state index contributed by atoms with van der Waals surface area (Å²) in [7, 11) is 0. The summed E-state index contributed by atoms with van der Waals surface area (Å²) in [4.78, 5) is 37.9. The summed E-state index contributed by atoms with van der Waals surface area (Å²) in [6, 6.07) is 0. The van der Waals surface area contributed by atoms with E-state index in [1.165, 1.54) is 103 Å². The Morgan fingerprint density at radius 3 is 1.11 bits per heavy atom. The number of hydrogen-bond donors (Lipinski definition) is 0. The fourth-order valence-corrected chi connectivity index (χ4v) is 6.60. The number of unbranched alkanes of at least 4 members (excludes halogenated alkanes) is 21. The molecule has 63 heavy (non-hydrogen) atoms. The van der Waals surface area contributed by atoms with E-state index in [9.17, 15) is 14.4 Å². The van der Waals surface area contributed by atoms with Crippen LogP contribution in [0.3, 0.4) is 0 Å². The fraction of sp³-hybridized carbons (Fsp3) is 0.632. The van der Waals surface area contributed by atoms with Crippen molar-refractivity contribution < 1.29 is 28.6 Å². The third-order valence-corrected chi connectivity index (χ3v) is 10.4. The number of allylic oxidation sites excluding steroid dienone is 18. The SMILES string of the molecule is CC\C=C/C=C\C=C/C=C\C=C\C=C/C=C\CCCCCC(=O)OCC(COC(=O)CCC/C=C\CCCCCC)OC(=O)CCCCCCCCC/C=C\CCCCCCCC. The van der Waals surface area contributed by atoms with E-state index >= 15 is 0 Å². The molecule has 0 spiro atoms. The maximum absolute atomic E-state index is 12.8. The first-order valence-electron chi connectivity index (χ1n) is 25.5. The van der Waals surface area contributed by atoms with Gasteiger partial charge in [0.25, 0.3) is 0 Å². The summed E-state index contributed by atoms with van der Waals surface area (Å²) in [5.41, 5.74) is 0. The molecule has 0 rings (SSSR count). The standard InChI is InChI=1S/C57H92O6/c1-4-7-10-13-16-19-21-23-25-27-28-30-31-33-35-38-41-44-47-50-56(59)62-53-54(52-61-55(58)49-46-43-40-37-18-15-12-9-6-3)63-57(60)51-48-45-42-39-36-34-32-29-26-24-22-20-17-14-11-8-5-2/h7,10,13,16,19,21,23-28,30-31,33,35,37,40,54H,4-6,8-9,11-12,14-15,17-18,20,22,29,32,34,36,38-39,41-53H2,1-3H3/b10-7-,16-13-,21-19-,25-23-,26-24-,28-27+,31-30-,35-33-,40-37-. The number of esters is 3. The highest BCUT2D eigenvalue weighted by atomic mass is 16.6. The molecule has 0 aromatic heterocycles. The van der Waals surface area contributed by atoms with Gasteiger partial charge in [-0.2, -0.15) is 0 Å². The number of rotatable bonds is 44. The number of carbonyl (C=O) groups is 3. The summed E-state index contributed by atoms with van der Waals surface area (Å²) in [5, 5.41) is 0. The van der Waals surface area contributed by atoms with Crippen LogP contribution in [0.2, 0.25) is 0 Å². The van der Waals surface area contributed by atoms with Gasteiger partial charge in [-0.05, 0) is 83.5 Å². The van der Waals surface area contributed by atoms with Gasteiger partial charge in [0.05, 0.1) is 0 Å². The van der Waals surface area contributed by atoms with Gasteiger partial charge >= 0.3 is 17.9 Å². The van der Waals surface area contributed by atoms with Crippen molar-refractivity contribution in [1.29, 1.82) is 0 Å². The van der Waals surface area contributed by atoms with Crippen LogP contribution in [0, 0.1) is 0 Å². The Bertz CT molecular complexity index is 1330. The van der Waals surface area contributed by atoms with Crippen LogP contribution in [0.25, 0.3) is 0 Å². The minimum Gasteiger partial charge on any atom is -0.462 e. The molecule has 0 aromatic carbocycles. The van der Waals surface area contributed by atoms with Crippen LogP contribution in [-0.2, 0) is 28.6 Å². The minimum atomic E-state index is -0.811. The van der Waals surface area contributed by atoms with Gasteiger partial charge in [-0.3, -0.25) is 14.4 Å². The third-order valence-electron chi connectivity index (χ3n) is 10.4. The lowest BCUT2D eigenvalue weighted by molar-refractivity contribution is -0.167. The third kappa shape index (κ3) is 49.0. The summed E-state index contributed by atoms with van der Waals surface area (Å²) in [6.07, 6.45) is 67.9. The normalized spacial score (nSPS) is 13.0. The van der Waals surface area contributed by atoms with Crippen molar-refractivity contribution in [2.24, 2.45) is 0 Å². The van der Waals surface area contributed by atoms with Crippen LogP contribution in [-0.4, -0.2) is 37.2 Å². The average Bonchev–Trinajstić information content (AvgIpc) is 3.28. The molecule has 0 bridgehead atoms. The zero-order valence-electron chi connectivity index (χ0n) is 40.5. The predicted molar refractivity (Wildman–Crippen MR) is 270 cm³/mol. The lowest BCUT2D eigenvalue weighted by atomic mass is 10.1. The number of ether oxygens (including phenoxy) is 3. The molecule has 6 nitrogen and oxygen atoms in total. The van der Waals surface area contributed by atoms with Gasteiger partial charge < -0.3 is 14.2 Å². The van der Waals surface area contributed by atoms with Crippen molar-refractivity contribution in [3.8, 4) is 0 Å². The molecule has 0 saturated carbocycles. The maximum Gasteiger partial charge on any atom is 0.306 e. The zero-order chi connectivity index (χ0) is 45.8. The van der Waals surface area contributed by atoms with Crippen LogP contribution in [0.4, 0.5) is 0 Å².